The Bertz CT molecular complexity index is 520. The van der Waals surface area contributed by atoms with Gasteiger partial charge in [0, 0.05) is 35.9 Å². The van der Waals surface area contributed by atoms with Crippen LogP contribution in [0.1, 0.15) is 32.3 Å². The fourth-order valence-corrected chi connectivity index (χ4v) is 3.59. The monoisotopic (exact) mass is 293 g/mol. The van der Waals surface area contributed by atoms with Crippen molar-refractivity contribution in [3.8, 4) is 0 Å². The summed E-state index contributed by atoms with van der Waals surface area (Å²) < 4.78 is 20.2. The van der Waals surface area contributed by atoms with E-state index in [-0.39, 0.29) is 24.1 Å². The molecule has 0 aromatic heterocycles. The standard InChI is InChI=1S/C16H24FN3O/c1-10-8-20(9-11(2)21-10)13-3-4-14(15(17)5-13)16(19)6-12(18)7-16/h3-5,10-12H,6-9,18-19H2,1-2H3. The molecule has 2 aliphatic rings. The Morgan fingerprint density at radius 2 is 1.86 bits per heavy atom. The number of nitrogens with two attached hydrogens (primary N) is 2. The molecule has 1 saturated heterocycles. The zero-order valence-electron chi connectivity index (χ0n) is 12.7. The van der Waals surface area contributed by atoms with Crippen LogP contribution in [0.15, 0.2) is 18.2 Å². The van der Waals surface area contributed by atoms with Crippen LogP contribution >= 0.6 is 0 Å². The lowest BCUT2D eigenvalue weighted by Gasteiger charge is -2.44. The Hall–Kier alpha value is -1.17. The molecule has 1 heterocycles. The average Bonchev–Trinajstić information content (AvgIpc) is 2.35. The third-order valence-electron chi connectivity index (χ3n) is 4.53. The molecule has 2 fully saturated rings. The lowest BCUT2D eigenvalue weighted by atomic mass is 9.69. The molecular weight excluding hydrogens is 269 g/mol. The first-order valence-electron chi connectivity index (χ1n) is 7.62. The fourth-order valence-electron chi connectivity index (χ4n) is 3.59. The number of halogens is 1. The van der Waals surface area contributed by atoms with Gasteiger partial charge in [0.1, 0.15) is 5.82 Å². The van der Waals surface area contributed by atoms with Crippen LogP contribution in [0, 0.1) is 5.82 Å². The number of anilines is 1. The third-order valence-corrected chi connectivity index (χ3v) is 4.53. The van der Waals surface area contributed by atoms with Crippen LogP contribution in [-0.2, 0) is 10.3 Å². The smallest absolute Gasteiger partial charge is 0.130 e. The van der Waals surface area contributed by atoms with Gasteiger partial charge in [-0.25, -0.2) is 4.39 Å². The topological polar surface area (TPSA) is 64.5 Å². The second kappa shape index (κ2) is 5.23. The van der Waals surface area contributed by atoms with E-state index in [1.807, 2.05) is 26.0 Å². The lowest BCUT2D eigenvalue weighted by molar-refractivity contribution is -0.00524. The van der Waals surface area contributed by atoms with Crippen molar-refractivity contribution in [1.82, 2.24) is 0 Å². The van der Waals surface area contributed by atoms with E-state index in [2.05, 4.69) is 4.90 Å². The van der Waals surface area contributed by atoms with Gasteiger partial charge in [-0.1, -0.05) is 6.07 Å². The maximum atomic E-state index is 14.5. The highest BCUT2D eigenvalue weighted by molar-refractivity contribution is 5.50. The number of hydrogen-bond acceptors (Lipinski definition) is 4. The van der Waals surface area contributed by atoms with Gasteiger partial charge in [0.15, 0.2) is 0 Å². The molecule has 0 spiro atoms. The Morgan fingerprint density at radius 1 is 1.24 bits per heavy atom. The lowest BCUT2D eigenvalue weighted by Crippen LogP contribution is -2.55. The first-order chi connectivity index (χ1) is 9.87. The first kappa shape index (κ1) is 14.8. The van der Waals surface area contributed by atoms with Gasteiger partial charge in [0.2, 0.25) is 0 Å². The molecule has 2 atom stereocenters. The molecule has 0 amide bonds. The van der Waals surface area contributed by atoms with E-state index in [1.165, 1.54) is 0 Å². The maximum absolute atomic E-state index is 14.5. The SMILES string of the molecule is CC1CN(c2ccc(C3(N)CC(N)C3)c(F)c2)CC(C)O1. The number of benzene rings is 1. The van der Waals surface area contributed by atoms with Gasteiger partial charge >= 0.3 is 0 Å². The molecule has 4 nitrogen and oxygen atoms in total. The van der Waals surface area contributed by atoms with Crippen molar-refractivity contribution in [2.24, 2.45) is 11.5 Å². The number of hydrogen-bond donors (Lipinski definition) is 2. The minimum atomic E-state index is -0.590. The van der Waals surface area contributed by atoms with E-state index in [0.717, 1.165) is 18.8 Å². The average molecular weight is 293 g/mol. The van der Waals surface area contributed by atoms with Crippen molar-refractivity contribution >= 4 is 5.69 Å². The van der Waals surface area contributed by atoms with Crippen LogP contribution in [0.25, 0.3) is 0 Å². The number of morpholine rings is 1. The van der Waals surface area contributed by atoms with Crippen molar-refractivity contribution in [1.29, 1.82) is 0 Å². The Balaban J connectivity index is 1.81. The van der Waals surface area contributed by atoms with E-state index >= 15 is 0 Å². The van der Waals surface area contributed by atoms with Gasteiger partial charge in [0.25, 0.3) is 0 Å². The molecular formula is C16H24FN3O. The van der Waals surface area contributed by atoms with Crippen molar-refractivity contribution in [3.63, 3.8) is 0 Å². The summed E-state index contributed by atoms with van der Waals surface area (Å²) in [6.45, 7) is 5.64. The quantitative estimate of drug-likeness (QED) is 0.871. The second-order valence-corrected chi connectivity index (χ2v) is 6.65. The van der Waals surface area contributed by atoms with Gasteiger partial charge in [-0.15, -0.1) is 0 Å². The molecule has 2 unspecified atom stereocenters. The summed E-state index contributed by atoms with van der Waals surface area (Å²) >= 11 is 0. The molecule has 0 bridgehead atoms. The summed E-state index contributed by atoms with van der Waals surface area (Å²) in [5.74, 6) is -0.228. The molecule has 116 valence electrons. The van der Waals surface area contributed by atoms with E-state index in [0.29, 0.717) is 18.4 Å². The number of nitrogens with zero attached hydrogens (tertiary/aromatic N) is 1. The van der Waals surface area contributed by atoms with Crippen molar-refractivity contribution in [3.05, 3.63) is 29.6 Å². The summed E-state index contributed by atoms with van der Waals surface area (Å²) in [5.41, 5.74) is 12.9. The molecule has 1 aliphatic carbocycles. The Kier molecular flexibility index (Phi) is 3.67. The zero-order chi connectivity index (χ0) is 15.2. The minimum absolute atomic E-state index is 0.0926. The first-order valence-corrected chi connectivity index (χ1v) is 7.62. The third kappa shape index (κ3) is 2.78. The van der Waals surface area contributed by atoms with Crippen LogP contribution in [0.3, 0.4) is 0 Å². The summed E-state index contributed by atoms with van der Waals surface area (Å²) in [7, 11) is 0. The van der Waals surface area contributed by atoms with Crippen LogP contribution < -0.4 is 16.4 Å². The van der Waals surface area contributed by atoms with Crippen molar-refractivity contribution in [2.45, 2.75) is 50.5 Å². The molecule has 1 aromatic carbocycles. The predicted molar refractivity (Wildman–Crippen MR) is 81.7 cm³/mol. The molecule has 0 radical (unpaired) electrons. The van der Waals surface area contributed by atoms with Crippen molar-refractivity contribution in [2.75, 3.05) is 18.0 Å². The highest BCUT2D eigenvalue weighted by atomic mass is 19.1. The minimum Gasteiger partial charge on any atom is -0.372 e. The molecule has 1 aliphatic heterocycles. The molecule has 4 N–H and O–H groups in total. The van der Waals surface area contributed by atoms with Gasteiger partial charge in [-0.05, 0) is 38.8 Å². The molecule has 3 rings (SSSR count). The summed E-state index contributed by atoms with van der Waals surface area (Å²) in [4.78, 5) is 2.17. The normalized spacial score (nSPS) is 36.4. The molecule has 1 aromatic rings. The van der Waals surface area contributed by atoms with E-state index in [4.69, 9.17) is 16.2 Å². The predicted octanol–water partition coefficient (Wildman–Crippen LogP) is 1.71. The van der Waals surface area contributed by atoms with Crippen molar-refractivity contribution < 1.29 is 9.13 Å². The van der Waals surface area contributed by atoms with Gasteiger partial charge < -0.3 is 21.1 Å². The summed E-state index contributed by atoms with van der Waals surface area (Å²) in [6, 6.07) is 5.47. The highest BCUT2D eigenvalue weighted by Crippen LogP contribution is 2.40. The summed E-state index contributed by atoms with van der Waals surface area (Å²) in [6.07, 6.45) is 1.60. The van der Waals surface area contributed by atoms with Crippen LogP contribution in [0.5, 0.6) is 0 Å². The highest BCUT2D eigenvalue weighted by Gasteiger charge is 2.42. The molecule has 21 heavy (non-hydrogen) atoms. The Labute approximate surface area is 125 Å². The largest absolute Gasteiger partial charge is 0.372 e. The molecule has 1 saturated carbocycles. The van der Waals surface area contributed by atoms with Crippen LogP contribution in [0.2, 0.25) is 0 Å². The van der Waals surface area contributed by atoms with E-state index in [1.54, 1.807) is 6.07 Å². The number of ether oxygens (including phenoxy) is 1. The summed E-state index contributed by atoms with van der Waals surface area (Å²) in [5, 5.41) is 0. The maximum Gasteiger partial charge on any atom is 0.130 e. The van der Waals surface area contributed by atoms with E-state index in [9.17, 15) is 4.39 Å². The van der Waals surface area contributed by atoms with E-state index < -0.39 is 5.54 Å². The van der Waals surface area contributed by atoms with Gasteiger partial charge in [0.05, 0.1) is 12.2 Å². The zero-order valence-corrected chi connectivity index (χ0v) is 12.7. The van der Waals surface area contributed by atoms with Gasteiger partial charge in [-0.2, -0.15) is 0 Å². The van der Waals surface area contributed by atoms with Crippen LogP contribution in [-0.4, -0.2) is 31.3 Å². The molecule has 5 heteroatoms. The number of rotatable bonds is 2. The fraction of sp³-hybridized carbons (Fsp3) is 0.625. The second-order valence-electron chi connectivity index (χ2n) is 6.65. The van der Waals surface area contributed by atoms with Gasteiger partial charge in [-0.3, -0.25) is 0 Å². The van der Waals surface area contributed by atoms with Crippen LogP contribution in [0.4, 0.5) is 10.1 Å². The Morgan fingerprint density at radius 3 is 2.38 bits per heavy atom.